The van der Waals surface area contributed by atoms with Crippen LogP contribution in [0.3, 0.4) is 0 Å². The topological polar surface area (TPSA) is 106 Å². The SMILES string of the molecule is CC(=O)Nc1ccc2nc(NC(=O)c3ccc(Cn4ccccc4=O)o3)sc2c1. The quantitative estimate of drug-likeness (QED) is 0.527. The number of benzene rings is 1. The first kappa shape index (κ1) is 18.6. The molecule has 8 nitrogen and oxygen atoms in total. The van der Waals surface area contributed by atoms with Gasteiger partial charge in [-0.1, -0.05) is 17.4 Å². The summed E-state index contributed by atoms with van der Waals surface area (Å²) in [4.78, 5) is 39.8. The fraction of sp³-hybridized carbons (Fsp3) is 0.100. The van der Waals surface area contributed by atoms with Crippen molar-refractivity contribution >= 4 is 44.2 Å². The average molecular weight is 408 g/mol. The smallest absolute Gasteiger partial charge is 0.293 e. The van der Waals surface area contributed by atoms with Crippen LogP contribution in [0.5, 0.6) is 0 Å². The molecule has 0 fully saturated rings. The number of anilines is 2. The molecule has 4 rings (SSSR count). The number of aromatic nitrogens is 2. The van der Waals surface area contributed by atoms with Gasteiger partial charge in [0.2, 0.25) is 5.91 Å². The Morgan fingerprint density at radius 3 is 2.79 bits per heavy atom. The zero-order valence-electron chi connectivity index (χ0n) is 15.3. The Morgan fingerprint density at radius 2 is 2.00 bits per heavy atom. The Hall–Kier alpha value is -3.72. The highest BCUT2D eigenvalue weighted by molar-refractivity contribution is 7.22. The van der Waals surface area contributed by atoms with Crippen LogP contribution < -0.4 is 16.2 Å². The number of pyridine rings is 1. The van der Waals surface area contributed by atoms with E-state index in [1.165, 1.54) is 28.9 Å². The Kier molecular flexibility index (Phi) is 4.96. The number of carbonyl (C=O) groups excluding carboxylic acids is 2. The molecule has 29 heavy (non-hydrogen) atoms. The van der Waals surface area contributed by atoms with Crippen LogP contribution >= 0.6 is 11.3 Å². The Balaban J connectivity index is 1.48. The second-order valence-corrected chi connectivity index (χ2v) is 7.30. The number of hydrogen-bond donors (Lipinski definition) is 2. The zero-order chi connectivity index (χ0) is 20.4. The summed E-state index contributed by atoms with van der Waals surface area (Å²) in [6, 6.07) is 13.4. The van der Waals surface area contributed by atoms with Crippen LogP contribution in [0, 0.1) is 0 Å². The number of nitrogens with zero attached hydrogens (tertiary/aromatic N) is 2. The molecule has 0 unspecified atom stereocenters. The minimum atomic E-state index is -0.433. The Labute approximate surface area is 168 Å². The molecule has 0 bridgehead atoms. The fourth-order valence-electron chi connectivity index (χ4n) is 2.76. The first-order valence-electron chi connectivity index (χ1n) is 8.72. The molecular formula is C20H16N4O4S. The fourth-order valence-corrected chi connectivity index (χ4v) is 3.66. The van der Waals surface area contributed by atoms with Crippen molar-refractivity contribution in [3.8, 4) is 0 Å². The largest absolute Gasteiger partial charge is 0.454 e. The zero-order valence-corrected chi connectivity index (χ0v) is 16.2. The molecule has 2 N–H and O–H groups in total. The van der Waals surface area contributed by atoms with Crippen LogP contribution in [0.4, 0.5) is 10.8 Å². The third kappa shape index (κ3) is 4.25. The summed E-state index contributed by atoms with van der Waals surface area (Å²) >= 11 is 1.29. The lowest BCUT2D eigenvalue weighted by Crippen LogP contribution is -2.18. The first-order chi connectivity index (χ1) is 14.0. The minimum Gasteiger partial charge on any atom is -0.454 e. The standard InChI is InChI=1S/C20H16N4O4S/c1-12(25)21-13-5-7-15-17(10-13)29-20(22-15)23-19(27)16-8-6-14(28-16)11-24-9-3-2-4-18(24)26/h2-10H,11H2,1H3,(H,21,25)(H,22,23,27). The number of thiazole rings is 1. The lowest BCUT2D eigenvalue weighted by molar-refractivity contribution is -0.114. The van der Waals surface area contributed by atoms with Crippen molar-refractivity contribution in [1.29, 1.82) is 0 Å². The molecule has 2 amide bonds. The predicted octanol–water partition coefficient (Wildman–Crippen LogP) is 3.31. The van der Waals surface area contributed by atoms with Crippen molar-refractivity contribution in [3.05, 3.63) is 76.6 Å². The summed E-state index contributed by atoms with van der Waals surface area (Å²) in [5, 5.41) is 5.85. The van der Waals surface area contributed by atoms with Crippen molar-refractivity contribution in [3.63, 3.8) is 0 Å². The van der Waals surface area contributed by atoms with Crippen LogP contribution in [0.25, 0.3) is 10.2 Å². The number of hydrogen-bond acceptors (Lipinski definition) is 6. The van der Waals surface area contributed by atoms with Gasteiger partial charge in [-0.25, -0.2) is 4.98 Å². The van der Waals surface area contributed by atoms with Gasteiger partial charge >= 0.3 is 0 Å². The third-order valence-electron chi connectivity index (χ3n) is 4.04. The third-order valence-corrected chi connectivity index (χ3v) is 4.97. The van der Waals surface area contributed by atoms with E-state index in [0.717, 1.165) is 4.70 Å². The van der Waals surface area contributed by atoms with Gasteiger partial charge in [-0.05, 0) is 36.4 Å². The number of nitrogens with one attached hydrogen (secondary N) is 2. The van der Waals surface area contributed by atoms with Gasteiger partial charge in [-0.2, -0.15) is 0 Å². The molecule has 0 atom stereocenters. The van der Waals surface area contributed by atoms with Gasteiger partial charge in [0, 0.05) is 24.9 Å². The highest BCUT2D eigenvalue weighted by Gasteiger charge is 2.14. The molecule has 0 saturated carbocycles. The van der Waals surface area contributed by atoms with Crippen LogP contribution in [0.1, 0.15) is 23.2 Å². The Morgan fingerprint density at radius 1 is 1.14 bits per heavy atom. The first-order valence-corrected chi connectivity index (χ1v) is 9.53. The van der Waals surface area contributed by atoms with E-state index in [2.05, 4.69) is 15.6 Å². The highest BCUT2D eigenvalue weighted by atomic mass is 32.1. The molecule has 4 aromatic rings. The summed E-state index contributed by atoms with van der Waals surface area (Å²) in [7, 11) is 0. The highest BCUT2D eigenvalue weighted by Crippen LogP contribution is 2.28. The number of rotatable bonds is 5. The average Bonchev–Trinajstić information content (AvgIpc) is 3.29. The minimum absolute atomic E-state index is 0.127. The predicted molar refractivity (Wildman–Crippen MR) is 110 cm³/mol. The maximum absolute atomic E-state index is 12.5. The van der Waals surface area contributed by atoms with Crippen molar-refractivity contribution in [1.82, 2.24) is 9.55 Å². The van der Waals surface area contributed by atoms with Gasteiger partial charge < -0.3 is 14.3 Å². The number of carbonyl (C=O) groups is 2. The van der Waals surface area contributed by atoms with E-state index in [-0.39, 0.29) is 23.8 Å². The molecule has 1 aromatic carbocycles. The molecule has 0 aliphatic heterocycles. The molecule has 0 radical (unpaired) electrons. The second-order valence-electron chi connectivity index (χ2n) is 6.27. The molecule has 0 spiro atoms. The van der Waals surface area contributed by atoms with Crippen LogP contribution in [-0.4, -0.2) is 21.4 Å². The maximum Gasteiger partial charge on any atom is 0.293 e. The van der Waals surface area contributed by atoms with E-state index in [0.29, 0.717) is 22.1 Å². The van der Waals surface area contributed by atoms with Gasteiger partial charge in [0.05, 0.1) is 16.8 Å². The van der Waals surface area contributed by atoms with Crippen LogP contribution in [-0.2, 0) is 11.3 Å². The van der Waals surface area contributed by atoms with Crippen molar-refractivity contribution < 1.29 is 14.0 Å². The van der Waals surface area contributed by atoms with Crippen molar-refractivity contribution in [2.75, 3.05) is 10.6 Å². The van der Waals surface area contributed by atoms with E-state index in [1.807, 2.05) is 0 Å². The van der Waals surface area contributed by atoms with E-state index in [4.69, 9.17) is 4.42 Å². The van der Waals surface area contributed by atoms with Gasteiger partial charge in [-0.15, -0.1) is 0 Å². The maximum atomic E-state index is 12.5. The molecule has 0 aliphatic rings. The normalized spacial score (nSPS) is 10.8. The summed E-state index contributed by atoms with van der Waals surface area (Å²) < 4.78 is 7.89. The molecular weight excluding hydrogens is 392 g/mol. The van der Waals surface area contributed by atoms with E-state index in [1.54, 1.807) is 48.7 Å². The summed E-state index contributed by atoms with van der Waals surface area (Å²) in [6.45, 7) is 1.67. The summed E-state index contributed by atoms with van der Waals surface area (Å²) in [5.74, 6) is 0.0291. The number of amides is 2. The molecule has 3 heterocycles. The molecule has 146 valence electrons. The lowest BCUT2D eigenvalue weighted by atomic mass is 10.3. The second kappa shape index (κ2) is 7.72. The van der Waals surface area contributed by atoms with Crippen molar-refractivity contribution in [2.24, 2.45) is 0 Å². The molecule has 0 saturated heterocycles. The summed E-state index contributed by atoms with van der Waals surface area (Å²) in [5.41, 5.74) is 1.23. The van der Waals surface area contributed by atoms with Gasteiger partial charge in [0.25, 0.3) is 11.5 Å². The molecule has 3 aromatic heterocycles. The summed E-state index contributed by atoms with van der Waals surface area (Å²) in [6.07, 6.45) is 1.65. The van der Waals surface area contributed by atoms with Gasteiger partial charge in [-0.3, -0.25) is 19.7 Å². The van der Waals surface area contributed by atoms with Crippen LogP contribution in [0.15, 0.2) is 63.9 Å². The van der Waals surface area contributed by atoms with E-state index < -0.39 is 5.91 Å². The van der Waals surface area contributed by atoms with E-state index in [9.17, 15) is 14.4 Å². The number of furan rings is 1. The lowest BCUT2D eigenvalue weighted by Gasteiger charge is -2.02. The monoisotopic (exact) mass is 408 g/mol. The Bertz CT molecular complexity index is 1270. The molecule has 9 heteroatoms. The van der Waals surface area contributed by atoms with Gasteiger partial charge in [0.1, 0.15) is 5.76 Å². The number of fused-ring (bicyclic) bond motifs is 1. The van der Waals surface area contributed by atoms with Gasteiger partial charge in [0.15, 0.2) is 10.9 Å². The van der Waals surface area contributed by atoms with E-state index >= 15 is 0 Å². The van der Waals surface area contributed by atoms with Crippen LogP contribution in [0.2, 0.25) is 0 Å². The molecule has 0 aliphatic carbocycles. The van der Waals surface area contributed by atoms with Crippen molar-refractivity contribution in [2.45, 2.75) is 13.5 Å².